The largest absolute Gasteiger partial charge is 0.389 e. The molecule has 1 heterocycles. The van der Waals surface area contributed by atoms with Crippen molar-refractivity contribution in [3.63, 3.8) is 0 Å². The first kappa shape index (κ1) is 17.6. The molecule has 1 saturated heterocycles. The molecule has 2 rings (SSSR count). The minimum Gasteiger partial charge on any atom is -0.338 e. The van der Waals surface area contributed by atoms with Gasteiger partial charge in [-0.15, -0.1) is 0 Å². The summed E-state index contributed by atoms with van der Waals surface area (Å²) in [7, 11) is 0. The molecule has 0 aromatic carbocycles. The molecule has 3 nitrogen and oxygen atoms in total. The number of carbonyl (C=O) groups excluding carboxylic acids is 1. The lowest BCUT2D eigenvalue weighted by Gasteiger charge is -2.35. The molecule has 1 aliphatic heterocycles. The van der Waals surface area contributed by atoms with Gasteiger partial charge in [-0.2, -0.15) is 13.2 Å². The fourth-order valence-corrected chi connectivity index (χ4v) is 3.13. The monoisotopic (exact) mass is 320 g/mol. The highest BCUT2D eigenvalue weighted by Gasteiger charge is 2.35. The third kappa shape index (κ3) is 5.45. The number of hydrogen-bond donors (Lipinski definition) is 0. The van der Waals surface area contributed by atoms with Crippen molar-refractivity contribution in [3.05, 3.63) is 0 Å². The second-order valence-corrected chi connectivity index (χ2v) is 7.07. The van der Waals surface area contributed by atoms with E-state index < -0.39 is 12.6 Å². The molecular formula is C16H27F3N2O. The third-order valence-corrected chi connectivity index (χ3v) is 4.66. The summed E-state index contributed by atoms with van der Waals surface area (Å²) in [6.45, 7) is 6.73. The molecule has 0 radical (unpaired) electrons. The van der Waals surface area contributed by atoms with Gasteiger partial charge in [0.2, 0.25) is 5.91 Å². The Hall–Kier alpha value is -0.780. The molecular weight excluding hydrogens is 293 g/mol. The molecule has 0 N–H and O–H groups in total. The van der Waals surface area contributed by atoms with Crippen LogP contribution < -0.4 is 0 Å². The van der Waals surface area contributed by atoms with Gasteiger partial charge in [0.05, 0.1) is 0 Å². The standard InChI is InChI=1S/C16H27F3N2O/c1-12(2)14-11-20(8-3-7-16(17,18)19)9-6-15(22)21(14)10-13-4-5-13/h12-14H,3-11H2,1-2H3. The first-order chi connectivity index (χ1) is 10.3. The van der Waals surface area contributed by atoms with Crippen LogP contribution in [0, 0.1) is 11.8 Å². The zero-order valence-corrected chi connectivity index (χ0v) is 13.5. The van der Waals surface area contributed by atoms with Crippen LogP contribution in [0.25, 0.3) is 0 Å². The second kappa shape index (κ2) is 7.20. The van der Waals surface area contributed by atoms with E-state index in [1.807, 2.05) is 9.80 Å². The van der Waals surface area contributed by atoms with Gasteiger partial charge < -0.3 is 9.80 Å². The summed E-state index contributed by atoms with van der Waals surface area (Å²) < 4.78 is 36.9. The molecule has 2 aliphatic rings. The minimum atomic E-state index is -4.09. The van der Waals surface area contributed by atoms with Gasteiger partial charge in [0.25, 0.3) is 0 Å². The smallest absolute Gasteiger partial charge is 0.338 e. The Kier molecular flexibility index (Phi) is 5.75. The van der Waals surface area contributed by atoms with Crippen LogP contribution in [-0.2, 0) is 4.79 Å². The van der Waals surface area contributed by atoms with Crippen LogP contribution in [0.15, 0.2) is 0 Å². The van der Waals surface area contributed by atoms with Crippen molar-refractivity contribution in [1.29, 1.82) is 0 Å². The van der Waals surface area contributed by atoms with E-state index >= 15 is 0 Å². The summed E-state index contributed by atoms with van der Waals surface area (Å²) in [5.74, 6) is 1.14. The molecule has 128 valence electrons. The van der Waals surface area contributed by atoms with Crippen LogP contribution in [0.3, 0.4) is 0 Å². The van der Waals surface area contributed by atoms with E-state index in [0.29, 0.717) is 37.9 Å². The van der Waals surface area contributed by atoms with Gasteiger partial charge in [-0.1, -0.05) is 13.8 Å². The van der Waals surface area contributed by atoms with Crippen LogP contribution in [-0.4, -0.2) is 54.1 Å². The highest BCUT2D eigenvalue weighted by atomic mass is 19.4. The molecule has 0 aromatic heterocycles. The lowest BCUT2D eigenvalue weighted by Crippen LogP contribution is -2.47. The number of hydrogen-bond acceptors (Lipinski definition) is 2. The fraction of sp³-hybridized carbons (Fsp3) is 0.938. The van der Waals surface area contributed by atoms with Crippen LogP contribution in [0.2, 0.25) is 0 Å². The average Bonchev–Trinajstić information content (AvgIpc) is 3.21. The Labute approximate surface area is 130 Å². The molecule has 1 aliphatic carbocycles. The zero-order chi connectivity index (χ0) is 16.3. The number of amides is 1. The van der Waals surface area contributed by atoms with Crippen molar-refractivity contribution in [2.24, 2.45) is 11.8 Å². The van der Waals surface area contributed by atoms with Crippen LogP contribution in [0.1, 0.15) is 46.0 Å². The van der Waals surface area contributed by atoms with Crippen LogP contribution >= 0.6 is 0 Å². The molecule has 2 fully saturated rings. The van der Waals surface area contributed by atoms with Gasteiger partial charge in [0.15, 0.2) is 0 Å². The summed E-state index contributed by atoms with van der Waals surface area (Å²) in [4.78, 5) is 16.4. The molecule has 22 heavy (non-hydrogen) atoms. The molecule has 1 amide bonds. The fourth-order valence-electron chi connectivity index (χ4n) is 3.13. The summed E-state index contributed by atoms with van der Waals surface area (Å²) in [6, 6.07) is 0.126. The van der Waals surface area contributed by atoms with Crippen molar-refractivity contribution in [1.82, 2.24) is 9.80 Å². The maximum absolute atomic E-state index is 12.4. The molecule has 1 saturated carbocycles. The van der Waals surface area contributed by atoms with E-state index in [2.05, 4.69) is 13.8 Å². The first-order valence-corrected chi connectivity index (χ1v) is 8.35. The highest BCUT2D eigenvalue weighted by Crippen LogP contribution is 2.32. The summed E-state index contributed by atoms with van der Waals surface area (Å²) in [5, 5.41) is 0. The Morgan fingerprint density at radius 2 is 1.95 bits per heavy atom. The first-order valence-electron chi connectivity index (χ1n) is 8.35. The molecule has 6 heteroatoms. The van der Waals surface area contributed by atoms with Crippen LogP contribution in [0.4, 0.5) is 13.2 Å². The van der Waals surface area contributed by atoms with Gasteiger partial charge in [0, 0.05) is 38.5 Å². The third-order valence-electron chi connectivity index (χ3n) is 4.66. The van der Waals surface area contributed by atoms with E-state index in [-0.39, 0.29) is 18.4 Å². The number of nitrogens with zero attached hydrogens (tertiary/aromatic N) is 2. The average molecular weight is 320 g/mol. The predicted molar refractivity (Wildman–Crippen MR) is 79.4 cm³/mol. The maximum Gasteiger partial charge on any atom is 0.389 e. The van der Waals surface area contributed by atoms with Gasteiger partial charge in [-0.05, 0) is 37.6 Å². The molecule has 0 spiro atoms. The van der Waals surface area contributed by atoms with Gasteiger partial charge in [0.1, 0.15) is 0 Å². The van der Waals surface area contributed by atoms with Gasteiger partial charge >= 0.3 is 6.18 Å². The predicted octanol–water partition coefficient (Wildman–Crippen LogP) is 3.30. The molecule has 0 aromatic rings. The van der Waals surface area contributed by atoms with E-state index in [0.717, 1.165) is 6.54 Å². The molecule has 1 atom stereocenters. The molecule has 0 bridgehead atoms. The lowest BCUT2D eigenvalue weighted by molar-refractivity contribution is -0.136. The van der Waals surface area contributed by atoms with Crippen molar-refractivity contribution in [2.45, 2.75) is 58.2 Å². The maximum atomic E-state index is 12.4. The number of rotatable bonds is 6. The van der Waals surface area contributed by atoms with Crippen molar-refractivity contribution >= 4 is 5.91 Å². The highest BCUT2D eigenvalue weighted by molar-refractivity contribution is 5.77. The SMILES string of the molecule is CC(C)C1CN(CCCC(F)(F)F)CCC(=O)N1CC1CC1. The lowest BCUT2D eigenvalue weighted by atomic mass is 10.0. The van der Waals surface area contributed by atoms with Crippen molar-refractivity contribution < 1.29 is 18.0 Å². The zero-order valence-electron chi connectivity index (χ0n) is 13.5. The number of alkyl halides is 3. The van der Waals surface area contributed by atoms with Gasteiger partial charge in [-0.25, -0.2) is 0 Å². The number of halogens is 3. The Balaban J connectivity index is 1.93. The molecule has 1 unspecified atom stereocenters. The van der Waals surface area contributed by atoms with E-state index in [1.165, 1.54) is 12.8 Å². The Morgan fingerprint density at radius 1 is 1.27 bits per heavy atom. The second-order valence-electron chi connectivity index (χ2n) is 7.07. The van der Waals surface area contributed by atoms with Gasteiger partial charge in [-0.3, -0.25) is 4.79 Å². The normalized spacial score (nSPS) is 24.9. The van der Waals surface area contributed by atoms with E-state index in [1.54, 1.807) is 0 Å². The summed E-state index contributed by atoms with van der Waals surface area (Å²) >= 11 is 0. The number of carbonyl (C=O) groups is 1. The quantitative estimate of drug-likeness (QED) is 0.750. The summed E-state index contributed by atoms with van der Waals surface area (Å²) in [5.41, 5.74) is 0. The summed E-state index contributed by atoms with van der Waals surface area (Å²) in [6.07, 6.45) is -1.88. The van der Waals surface area contributed by atoms with E-state index in [9.17, 15) is 18.0 Å². The minimum absolute atomic E-state index is 0.116. The van der Waals surface area contributed by atoms with Crippen molar-refractivity contribution in [2.75, 3.05) is 26.2 Å². The van der Waals surface area contributed by atoms with Crippen molar-refractivity contribution in [3.8, 4) is 0 Å². The topological polar surface area (TPSA) is 23.6 Å². The Morgan fingerprint density at radius 3 is 2.50 bits per heavy atom. The van der Waals surface area contributed by atoms with E-state index in [4.69, 9.17) is 0 Å². The van der Waals surface area contributed by atoms with Crippen LogP contribution in [0.5, 0.6) is 0 Å². The Bertz CT molecular complexity index is 380.